The van der Waals surface area contributed by atoms with Crippen molar-refractivity contribution < 1.29 is 14.6 Å². The van der Waals surface area contributed by atoms with Crippen LogP contribution in [0.3, 0.4) is 0 Å². The second-order valence-electron chi connectivity index (χ2n) is 1.68. The molecule has 1 saturated heterocycles. The van der Waals surface area contributed by atoms with Crippen molar-refractivity contribution in [2.45, 2.75) is 12.7 Å². The van der Waals surface area contributed by atoms with Gasteiger partial charge in [-0.2, -0.15) is 0 Å². The van der Waals surface area contributed by atoms with E-state index in [0.717, 1.165) is 13.0 Å². The molecule has 0 aromatic carbocycles. The maximum atomic E-state index is 8.25. The number of aliphatic hydroxyl groups is 1. The monoisotopic (exact) mass is 118 g/mol. The Hall–Kier alpha value is -0.120. The minimum absolute atomic E-state index is 0.0258. The summed E-state index contributed by atoms with van der Waals surface area (Å²) >= 11 is 0. The third-order valence-electron chi connectivity index (χ3n) is 1.05. The van der Waals surface area contributed by atoms with Gasteiger partial charge < -0.3 is 14.6 Å². The highest BCUT2D eigenvalue weighted by atomic mass is 16.7. The van der Waals surface area contributed by atoms with Crippen molar-refractivity contribution in [3.63, 3.8) is 0 Å². The molecule has 1 unspecified atom stereocenters. The second-order valence-corrected chi connectivity index (χ2v) is 1.68. The Labute approximate surface area is 48.2 Å². The number of ether oxygens (including phenoxy) is 2. The Bertz CT molecular complexity index is 60.7. The summed E-state index contributed by atoms with van der Waals surface area (Å²) in [6.45, 7) is 1.28. The van der Waals surface area contributed by atoms with Gasteiger partial charge in [-0.25, -0.2) is 0 Å². The molecule has 3 heteroatoms. The third-order valence-corrected chi connectivity index (χ3v) is 1.05. The molecule has 3 nitrogen and oxygen atoms in total. The average Bonchev–Trinajstić information content (AvgIpc) is 1.63. The van der Waals surface area contributed by atoms with E-state index in [9.17, 15) is 0 Å². The SMILES string of the molecule is OCCOC1CCO1. The van der Waals surface area contributed by atoms with Crippen molar-refractivity contribution in [3.05, 3.63) is 0 Å². The minimum Gasteiger partial charge on any atom is -0.394 e. The van der Waals surface area contributed by atoms with Gasteiger partial charge in [-0.1, -0.05) is 0 Å². The molecule has 8 heavy (non-hydrogen) atoms. The summed E-state index contributed by atoms with van der Waals surface area (Å²) in [6, 6.07) is 0. The van der Waals surface area contributed by atoms with Gasteiger partial charge in [-0.3, -0.25) is 0 Å². The van der Waals surface area contributed by atoms with Crippen LogP contribution in [0.25, 0.3) is 0 Å². The van der Waals surface area contributed by atoms with Crippen LogP contribution in [0.15, 0.2) is 0 Å². The van der Waals surface area contributed by atoms with Gasteiger partial charge in [0.1, 0.15) is 0 Å². The Kier molecular flexibility index (Phi) is 2.27. The van der Waals surface area contributed by atoms with Crippen molar-refractivity contribution in [2.75, 3.05) is 19.8 Å². The molecule has 1 fully saturated rings. The highest BCUT2D eigenvalue weighted by molar-refractivity contribution is 4.53. The van der Waals surface area contributed by atoms with Crippen LogP contribution < -0.4 is 0 Å². The molecule has 0 aliphatic carbocycles. The molecule has 1 atom stereocenters. The fourth-order valence-electron chi connectivity index (χ4n) is 0.530. The van der Waals surface area contributed by atoms with Crippen LogP contribution in [0, 0.1) is 0 Å². The van der Waals surface area contributed by atoms with Crippen LogP contribution in [-0.4, -0.2) is 31.2 Å². The average molecular weight is 118 g/mol. The van der Waals surface area contributed by atoms with Gasteiger partial charge in [0, 0.05) is 6.42 Å². The quantitative estimate of drug-likeness (QED) is 0.555. The fourth-order valence-corrected chi connectivity index (χ4v) is 0.530. The molecule has 1 heterocycles. The number of hydrogen-bond acceptors (Lipinski definition) is 3. The van der Waals surface area contributed by atoms with Crippen molar-refractivity contribution in [3.8, 4) is 0 Å². The molecule has 0 bridgehead atoms. The van der Waals surface area contributed by atoms with E-state index in [-0.39, 0.29) is 12.9 Å². The smallest absolute Gasteiger partial charge is 0.159 e. The summed E-state index contributed by atoms with van der Waals surface area (Å²) in [6.07, 6.45) is 0.946. The zero-order valence-corrected chi connectivity index (χ0v) is 4.67. The van der Waals surface area contributed by atoms with Gasteiger partial charge >= 0.3 is 0 Å². The molecule has 1 N–H and O–H groups in total. The standard InChI is InChI=1S/C5H10O3/c6-2-4-8-5-1-3-7-5/h5-6H,1-4H2. The first-order valence-electron chi connectivity index (χ1n) is 2.77. The predicted molar refractivity (Wildman–Crippen MR) is 27.4 cm³/mol. The molecule has 0 amide bonds. The molecule has 1 aliphatic rings. The van der Waals surface area contributed by atoms with Gasteiger partial charge in [-0.05, 0) is 0 Å². The summed E-state index contributed by atoms with van der Waals surface area (Å²) in [4.78, 5) is 0. The number of hydrogen-bond donors (Lipinski definition) is 1. The molecule has 0 aromatic heterocycles. The second kappa shape index (κ2) is 3.02. The van der Waals surface area contributed by atoms with Crippen molar-refractivity contribution in [1.29, 1.82) is 0 Å². The van der Waals surface area contributed by atoms with Gasteiger partial charge in [-0.15, -0.1) is 0 Å². The van der Waals surface area contributed by atoms with Gasteiger partial charge in [0.05, 0.1) is 19.8 Å². The van der Waals surface area contributed by atoms with Gasteiger partial charge in [0.25, 0.3) is 0 Å². The molecule has 0 radical (unpaired) electrons. The zero-order chi connectivity index (χ0) is 5.82. The number of aliphatic hydroxyl groups excluding tert-OH is 1. The van der Waals surface area contributed by atoms with Gasteiger partial charge in [0.15, 0.2) is 6.29 Å². The van der Waals surface area contributed by atoms with E-state index in [4.69, 9.17) is 14.6 Å². The van der Waals surface area contributed by atoms with Crippen molar-refractivity contribution in [2.24, 2.45) is 0 Å². The Morgan fingerprint density at radius 3 is 2.88 bits per heavy atom. The van der Waals surface area contributed by atoms with Gasteiger partial charge in [0.2, 0.25) is 0 Å². The highest BCUT2D eigenvalue weighted by Crippen LogP contribution is 2.10. The largest absolute Gasteiger partial charge is 0.394 e. The van der Waals surface area contributed by atoms with E-state index in [1.807, 2.05) is 0 Å². The third kappa shape index (κ3) is 1.43. The fraction of sp³-hybridized carbons (Fsp3) is 1.00. The summed E-state index contributed by atoms with van der Waals surface area (Å²) in [5.74, 6) is 0. The first-order valence-corrected chi connectivity index (χ1v) is 2.77. The van der Waals surface area contributed by atoms with E-state index in [2.05, 4.69) is 0 Å². The lowest BCUT2D eigenvalue weighted by atomic mass is 10.3. The molecule has 0 saturated carbocycles. The normalized spacial score (nSPS) is 27.4. The summed E-state index contributed by atoms with van der Waals surface area (Å²) < 4.78 is 9.85. The van der Waals surface area contributed by atoms with E-state index < -0.39 is 0 Å². The first kappa shape index (κ1) is 6.01. The Balaban J connectivity index is 1.86. The summed E-state index contributed by atoms with van der Waals surface area (Å²) in [7, 11) is 0. The Morgan fingerprint density at radius 2 is 2.50 bits per heavy atom. The molecule has 0 spiro atoms. The van der Waals surface area contributed by atoms with E-state index in [0.29, 0.717) is 6.61 Å². The lowest BCUT2D eigenvalue weighted by Gasteiger charge is -2.25. The predicted octanol–water partition coefficient (Wildman–Crippen LogP) is -0.258. The molecular weight excluding hydrogens is 108 g/mol. The topological polar surface area (TPSA) is 38.7 Å². The molecule has 48 valence electrons. The van der Waals surface area contributed by atoms with Crippen molar-refractivity contribution >= 4 is 0 Å². The molecular formula is C5H10O3. The molecule has 0 aromatic rings. The lowest BCUT2D eigenvalue weighted by molar-refractivity contribution is -0.217. The van der Waals surface area contributed by atoms with Crippen LogP contribution in [0.1, 0.15) is 6.42 Å². The zero-order valence-electron chi connectivity index (χ0n) is 4.67. The van der Waals surface area contributed by atoms with Crippen LogP contribution >= 0.6 is 0 Å². The molecule has 1 aliphatic heterocycles. The minimum atomic E-state index is -0.0258. The van der Waals surface area contributed by atoms with Crippen LogP contribution in [-0.2, 0) is 9.47 Å². The maximum absolute atomic E-state index is 8.25. The summed E-state index contributed by atoms with van der Waals surface area (Å²) in [5, 5.41) is 8.25. The first-order chi connectivity index (χ1) is 3.93. The maximum Gasteiger partial charge on any atom is 0.159 e. The summed E-state index contributed by atoms with van der Waals surface area (Å²) in [5.41, 5.74) is 0. The number of rotatable bonds is 3. The lowest BCUT2D eigenvalue weighted by Crippen LogP contribution is -2.30. The van der Waals surface area contributed by atoms with E-state index >= 15 is 0 Å². The van der Waals surface area contributed by atoms with Crippen LogP contribution in [0.5, 0.6) is 0 Å². The van der Waals surface area contributed by atoms with E-state index in [1.165, 1.54) is 0 Å². The van der Waals surface area contributed by atoms with Crippen molar-refractivity contribution in [1.82, 2.24) is 0 Å². The van der Waals surface area contributed by atoms with Crippen LogP contribution in [0.4, 0.5) is 0 Å². The van der Waals surface area contributed by atoms with E-state index in [1.54, 1.807) is 0 Å². The highest BCUT2D eigenvalue weighted by Gasteiger charge is 2.17. The molecule has 1 rings (SSSR count). The Morgan fingerprint density at radius 1 is 1.75 bits per heavy atom. The van der Waals surface area contributed by atoms with Crippen LogP contribution in [0.2, 0.25) is 0 Å².